The molecule has 1 unspecified atom stereocenters. The number of thiazole rings is 1. The minimum absolute atomic E-state index is 0.183. The summed E-state index contributed by atoms with van der Waals surface area (Å²) in [7, 11) is 0. The van der Waals surface area contributed by atoms with E-state index in [0.29, 0.717) is 18.4 Å². The summed E-state index contributed by atoms with van der Waals surface area (Å²) in [5.41, 5.74) is -1.49. The number of ether oxygens (including phenoxy) is 1. The average Bonchev–Trinajstić information content (AvgIpc) is 3.30. The monoisotopic (exact) mass is 529 g/mol. The predicted molar refractivity (Wildman–Crippen MR) is 139 cm³/mol. The fourth-order valence-corrected chi connectivity index (χ4v) is 11.0. The van der Waals surface area contributed by atoms with E-state index < -0.39 is 34.7 Å². The quantitative estimate of drug-likeness (QED) is 0.439. The molecule has 4 heterocycles. The number of anilines is 1. The number of carbonyl (C=O) groups excluding carboxylic acids is 1. The highest BCUT2D eigenvalue weighted by atomic mass is 32.1. The number of rotatable bonds is 4. The molecule has 4 bridgehead atoms. The Bertz CT molecular complexity index is 1160. The minimum atomic E-state index is -2.14. The van der Waals surface area contributed by atoms with Crippen molar-refractivity contribution in [1.82, 2.24) is 9.88 Å². The normalized spacial score (nSPS) is 45.9. The number of nitrogens with one attached hydrogen (secondary N) is 1. The van der Waals surface area contributed by atoms with E-state index in [0.717, 1.165) is 48.3 Å². The van der Waals surface area contributed by atoms with Crippen molar-refractivity contribution in [2.24, 2.45) is 28.6 Å². The van der Waals surface area contributed by atoms with Gasteiger partial charge in [-0.25, -0.2) is 4.98 Å². The average molecular weight is 530 g/mol. The molecule has 7 aliphatic rings. The first-order valence-corrected chi connectivity index (χ1v) is 14.8. The smallest absolute Gasteiger partial charge is 0.208 e. The van der Waals surface area contributed by atoms with Crippen LogP contribution in [0, 0.1) is 28.6 Å². The van der Waals surface area contributed by atoms with Crippen LogP contribution in [0.1, 0.15) is 56.5 Å². The maximum atomic E-state index is 13.9. The van der Waals surface area contributed by atoms with Gasteiger partial charge in [-0.15, -0.1) is 11.3 Å². The van der Waals surface area contributed by atoms with Crippen LogP contribution in [-0.2, 0) is 21.4 Å². The zero-order chi connectivity index (χ0) is 26.0. The first kappa shape index (κ1) is 24.7. The number of nitrogens with zero attached hydrogens (tertiary/aromatic N) is 2. The molecule has 6 fully saturated rings. The number of hydrogen-bond donors (Lipinski definition) is 4. The van der Waals surface area contributed by atoms with Gasteiger partial charge in [0, 0.05) is 35.2 Å². The molecule has 3 saturated heterocycles. The predicted octanol–water partition coefficient (Wildman–Crippen LogP) is 2.08. The summed E-state index contributed by atoms with van der Waals surface area (Å²) < 4.78 is 6.16. The number of carbonyl (C=O) groups is 1. The lowest BCUT2D eigenvalue weighted by Crippen LogP contribution is -2.85. The van der Waals surface area contributed by atoms with Crippen LogP contribution in [0.25, 0.3) is 0 Å². The fourth-order valence-electron chi connectivity index (χ4n) is 9.67. The summed E-state index contributed by atoms with van der Waals surface area (Å²) in [4.78, 5) is 22.7. The Morgan fingerprint density at radius 3 is 2.70 bits per heavy atom. The van der Waals surface area contributed by atoms with E-state index in [4.69, 9.17) is 9.72 Å². The highest BCUT2D eigenvalue weighted by molar-refractivity contribution is 7.15. The SMILES string of the molecule is C=C1C(=O)[C@]23[C@H](O)C1CC[C@H]2[C@@]12CO[C@@]3(O)[C@@H](O)[C@@H]1C(C)(C)Cc1sc(NCCN3CCCCC3)nc12. The van der Waals surface area contributed by atoms with Gasteiger partial charge < -0.3 is 30.3 Å². The van der Waals surface area contributed by atoms with Crippen molar-refractivity contribution in [3.05, 3.63) is 22.7 Å². The third-order valence-corrected chi connectivity index (χ3v) is 12.1. The summed E-state index contributed by atoms with van der Waals surface area (Å²) >= 11 is 1.66. The first-order valence-electron chi connectivity index (χ1n) is 14.0. The Morgan fingerprint density at radius 2 is 1.95 bits per heavy atom. The number of aliphatic hydroxyl groups is 3. The van der Waals surface area contributed by atoms with Crippen LogP contribution >= 0.6 is 11.3 Å². The minimum Gasteiger partial charge on any atom is -0.391 e. The maximum absolute atomic E-state index is 13.9. The van der Waals surface area contributed by atoms with Crippen molar-refractivity contribution in [1.29, 1.82) is 0 Å². The van der Waals surface area contributed by atoms with Crippen LogP contribution in [0.3, 0.4) is 0 Å². The van der Waals surface area contributed by atoms with E-state index in [-0.39, 0.29) is 29.6 Å². The second kappa shape index (κ2) is 7.86. The Labute approximate surface area is 222 Å². The summed E-state index contributed by atoms with van der Waals surface area (Å²) in [6.07, 6.45) is 3.43. The van der Waals surface area contributed by atoms with Crippen molar-refractivity contribution >= 4 is 22.3 Å². The van der Waals surface area contributed by atoms with Crippen molar-refractivity contribution in [3.63, 3.8) is 0 Å². The van der Waals surface area contributed by atoms with Gasteiger partial charge in [0.05, 0.1) is 18.4 Å². The van der Waals surface area contributed by atoms with Crippen LogP contribution in [0.4, 0.5) is 5.13 Å². The van der Waals surface area contributed by atoms with Gasteiger partial charge >= 0.3 is 0 Å². The van der Waals surface area contributed by atoms with Crippen LogP contribution in [0.15, 0.2) is 12.2 Å². The molecular weight excluding hydrogens is 490 g/mol. The van der Waals surface area contributed by atoms with Gasteiger partial charge in [-0.05, 0) is 62.1 Å². The van der Waals surface area contributed by atoms with Crippen LogP contribution in [0.5, 0.6) is 0 Å². The van der Waals surface area contributed by atoms with Gasteiger partial charge in [-0.1, -0.05) is 26.8 Å². The van der Waals surface area contributed by atoms with E-state index in [1.807, 2.05) is 0 Å². The highest BCUT2D eigenvalue weighted by Gasteiger charge is 2.86. The van der Waals surface area contributed by atoms with Crippen LogP contribution < -0.4 is 5.32 Å². The molecule has 8 rings (SSSR count). The van der Waals surface area contributed by atoms with E-state index >= 15 is 0 Å². The van der Waals surface area contributed by atoms with E-state index in [1.54, 1.807) is 11.3 Å². The Morgan fingerprint density at radius 1 is 1.19 bits per heavy atom. The number of ketones is 1. The molecule has 9 heteroatoms. The van der Waals surface area contributed by atoms with E-state index in [1.165, 1.54) is 19.3 Å². The molecule has 8 nitrogen and oxygen atoms in total. The number of aromatic nitrogens is 1. The molecule has 8 atom stereocenters. The molecule has 0 radical (unpaired) electrons. The molecule has 1 aromatic rings. The first-order chi connectivity index (χ1) is 17.6. The molecule has 4 aliphatic carbocycles. The number of likely N-dealkylation sites (tertiary alicyclic amines) is 1. The van der Waals surface area contributed by atoms with Crippen molar-refractivity contribution < 1.29 is 24.9 Å². The lowest BCUT2D eigenvalue weighted by Gasteiger charge is -2.73. The molecule has 3 saturated carbocycles. The number of fused-ring (bicyclic) bond motifs is 3. The summed E-state index contributed by atoms with van der Waals surface area (Å²) in [6, 6.07) is 0. The number of hydrogen-bond acceptors (Lipinski definition) is 9. The molecule has 1 aromatic heterocycles. The number of piperidine rings is 1. The summed E-state index contributed by atoms with van der Waals surface area (Å²) in [5.74, 6) is -3.62. The van der Waals surface area contributed by atoms with Crippen LogP contribution in [0.2, 0.25) is 0 Å². The maximum Gasteiger partial charge on any atom is 0.208 e. The van der Waals surface area contributed by atoms with E-state index in [2.05, 4.69) is 30.6 Å². The highest BCUT2D eigenvalue weighted by Crippen LogP contribution is 2.75. The number of Topliss-reactive ketones (excluding diaryl/α,β-unsaturated/α-hetero) is 1. The fraction of sp³-hybridized carbons (Fsp3) is 0.786. The van der Waals surface area contributed by atoms with Gasteiger partial charge in [-0.3, -0.25) is 4.79 Å². The van der Waals surface area contributed by atoms with Crippen molar-refractivity contribution in [2.75, 3.05) is 38.1 Å². The van der Waals surface area contributed by atoms with Gasteiger partial charge in [0.15, 0.2) is 10.9 Å². The van der Waals surface area contributed by atoms with Gasteiger partial charge in [-0.2, -0.15) is 0 Å². The molecule has 37 heavy (non-hydrogen) atoms. The second-order valence-corrected chi connectivity index (χ2v) is 14.2. The van der Waals surface area contributed by atoms with Crippen molar-refractivity contribution in [3.8, 4) is 0 Å². The standard InChI is InChI=1S/C28H39N3O5S/c1-15-16-7-8-18-26-14-36-28(35,27(18,21(15)32)22(16)33)23(34)19(26)25(2,3)13-17-20(26)30-24(37-17)29-9-12-31-10-5-4-6-11-31/h16,18-19,22-23,33-35H,1,4-14H2,2-3H3,(H,29,30)/t16?,18-,19+,22+,23-,26-,27-,28-/m0/s1. The summed E-state index contributed by atoms with van der Waals surface area (Å²) in [5, 5.41) is 39.9. The molecule has 0 aromatic carbocycles. The molecule has 202 valence electrons. The Kier molecular flexibility index (Phi) is 5.24. The molecule has 2 spiro atoms. The second-order valence-electron chi connectivity index (χ2n) is 13.1. The molecule has 0 amide bonds. The third-order valence-electron chi connectivity index (χ3n) is 11.0. The van der Waals surface area contributed by atoms with Crippen LogP contribution in [-0.4, -0.2) is 81.8 Å². The topological polar surface area (TPSA) is 115 Å². The summed E-state index contributed by atoms with van der Waals surface area (Å²) in [6.45, 7) is 12.6. The molecule has 4 N–H and O–H groups in total. The van der Waals surface area contributed by atoms with Gasteiger partial charge in [0.2, 0.25) is 5.79 Å². The molecular formula is C28H39N3O5S. The lowest BCUT2D eigenvalue weighted by atomic mass is 9.36. The molecule has 3 aliphatic heterocycles. The Hall–Kier alpha value is -1.36. The lowest BCUT2D eigenvalue weighted by molar-refractivity contribution is -0.429. The van der Waals surface area contributed by atoms with Crippen molar-refractivity contribution in [2.45, 2.75) is 75.8 Å². The third kappa shape index (κ3) is 2.81. The zero-order valence-corrected chi connectivity index (χ0v) is 22.6. The largest absolute Gasteiger partial charge is 0.391 e. The Balaban J connectivity index is 1.31. The van der Waals surface area contributed by atoms with Gasteiger partial charge in [0.25, 0.3) is 0 Å². The zero-order valence-electron chi connectivity index (χ0n) is 21.8. The number of aliphatic hydroxyl groups excluding tert-OH is 2. The van der Waals surface area contributed by atoms with E-state index in [9.17, 15) is 20.1 Å². The van der Waals surface area contributed by atoms with Gasteiger partial charge in [0.1, 0.15) is 11.5 Å².